The molecule has 0 N–H and O–H groups in total. The molecule has 0 aliphatic heterocycles. The summed E-state index contributed by atoms with van der Waals surface area (Å²) in [7, 11) is 0. The van der Waals surface area contributed by atoms with Gasteiger partial charge in [-0.15, -0.1) is 0 Å². The lowest BCUT2D eigenvalue weighted by Crippen LogP contribution is -2.25. The Balaban J connectivity index is 1.58. The number of benzene rings is 6. The van der Waals surface area contributed by atoms with Crippen molar-refractivity contribution >= 4 is 43.7 Å². The van der Waals surface area contributed by atoms with Gasteiger partial charge in [-0.3, -0.25) is 0 Å². The molecular formula is C52H54FNO2. The van der Waals surface area contributed by atoms with Crippen LogP contribution in [0.1, 0.15) is 81.3 Å². The van der Waals surface area contributed by atoms with Gasteiger partial charge in [0.1, 0.15) is 5.82 Å². The van der Waals surface area contributed by atoms with Crippen LogP contribution in [-0.2, 0) is 12.0 Å². The maximum Gasteiger partial charge on any atom is 0.315 e. The van der Waals surface area contributed by atoms with Crippen molar-refractivity contribution in [3.8, 4) is 27.9 Å². The maximum absolute atomic E-state index is 15.6. The fourth-order valence-corrected chi connectivity index (χ4v) is 9.49. The highest BCUT2D eigenvalue weighted by molar-refractivity contribution is 6.13. The summed E-state index contributed by atoms with van der Waals surface area (Å²) in [6, 6.07) is 35.1. The molecule has 56 heavy (non-hydrogen) atoms. The number of hydrogen-bond donors (Lipinski definition) is 0. The van der Waals surface area contributed by atoms with Crippen molar-refractivity contribution < 1.29 is 12.9 Å². The Morgan fingerprint density at radius 1 is 0.607 bits per heavy atom. The minimum atomic E-state index is -0.264. The van der Waals surface area contributed by atoms with Crippen LogP contribution in [0, 0.1) is 45.9 Å². The van der Waals surface area contributed by atoms with Gasteiger partial charge in [-0.2, -0.15) is 0 Å². The maximum atomic E-state index is 15.6. The van der Waals surface area contributed by atoms with E-state index in [4.69, 9.17) is 4.42 Å². The molecule has 2 aromatic heterocycles. The lowest BCUT2D eigenvalue weighted by molar-refractivity contribution is 0.116. The van der Waals surface area contributed by atoms with Crippen molar-refractivity contribution in [2.45, 2.75) is 94.6 Å². The van der Waals surface area contributed by atoms with Crippen LogP contribution >= 0.6 is 0 Å². The Hall–Kier alpha value is -5.48. The minimum absolute atomic E-state index is 0.0741. The first-order chi connectivity index (χ1) is 26.5. The number of hydrogen-bond acceptors (Lipinski definition) is 1. The zero-order chi connectivity index (χ0) is 39.8. The normalized spacial score (nSPS) is 12.4. The third-order valence-electron chi connectivity index (χ3n) is 11.3. The summed E-state index contributed by atoms with van der Waals surface area (Å²) in [6.45, 7) is 26.6. The second kappa shape index (κ2) is 13.6. The van der Waals surface area contributed by atoms with Crippen LogP contribution in [0.25, 0.3) is 71.7 Å². The first kappa shape index (κ1) is 37.4. The molecule has 8 aromatic rings. The molecule has 0 saturated heterocycles. The van der Waals surface area contributed by atoms with Gasteiger partial charge in [-0.25, -0.2) is 4.39 Å². The molecule has 0 fully saturated rings. The van der Waals surface area contributed by atoms with Crippen LogP contribution in [0.2, 0.25) is 0 Å². The molecule has 0 unspecified atom stereocenters. The van der Waals surface area contributed by atoms with E-state index in [9.17, 15) is 0 Å². The third-order valence-corrected chi connectivity index (χ3v) is 11.3. The van der Waals surface area contributed by atoms with Crippen molar-refractivity contribution in [2.24, 2.45) is 5.41 Å². The van der Waals surface area contributed by atoms with Gasteiger partial charge in [-0.1, -0.05) is 124 Å². The minimum Gasteiger partial charge on any atom is -0.622 e. The largest absolute Gasteiger partial charge is 0.622 e. The van der Waals surface area contributed by atoms with E-state index in [2.05, 4.69) is 163 Å². The van der Waals surface area contributed by atoms with E-state index in [0.717, 1.165) is 67.0 Å². The first-order valence-corrected chi connectivity index (χ1v) is 19.9. The van der Waals surface area contributed by atoms with Gasteiger partial charge < -0.3 is 13.0 Å². The van der Waals surface area contributed by atoms with E-state index in [-0.39, 0.29) is 16.6 Å². The monoisotopic (exact) mass is 743 g/mol. The van der Waals surface area contributed by atoms with Crippen LogP contribution < -0.4 is 0 Å². The summed E-state index contributed by atoms with van der Waals surface area (Å²) in [5.74, 6) is -0.264. The Kier molecular flexibility index (Phi) is 9.11. The third kappa shape index (κ3) is 6.74. The van der Waals surface area contributed by atoms with E-state index in [0.29, 0.717) is 12.2 Å². The smallest absolute Gasteiger partial charge is 0.315 e. The summed E-state index contributed by atoms with van der Waals surface area (Å²) in [4.78, 5) is 0. The zero-order valence-electron chi connectivity index (χ0n) is 34.9. The Morgan fingerprint density at radius 3 is 1.64 bits per heavy atom. The number of halogens is 1. The molecule has 0 spiro atoms. The van der Waals surface area contributed by atoms with Crippen LogP contribution in [0.15, 0.2) is 112 Å². The predicted octanol–water partition coefficient (Wildman–Crippen LogP) is 15.6. The van der Waals surface area contributed by atoms with Crippen LogP contribution in [0.4, 0.5) is 4.39 Å². The average molecular weight is 744 g/mol. The topological polar surface area (TPSA) is 20.8 Å². The quantitative estimate of drug-likeness (QED) is 0.123. The highest BCUT2D eigenvalue weighted by Gasteiger charge is 2.29. The second-order valence-electron chi connectivity index (χ2n) is 18.1. The molecule has 286 valence electrons. The Labute approximate surface area is 330 Å². The summed E-state index contributed by atoms with van der Waals surface area (Å²) in [5, 5.41) is 4.01. The highest BCUT2D eigenvalue weighted by atomic mass is 19.1. The Morgan fingerprint density at radius 2 is 1.14 bits per heavy atom. The lowest BCUT2D eigenvalue weighted by atomic mass is 9.72. The summed E-state index contributed by atoms with van der Waals surface area (Å²) < 4.78 is 28.0. The molecule has 3 nitrogen and oxygen atoms in total. The molecule has 2 heterocycles. The van der Waals surface area contributed by atoms with Crippen LogP contribution in [0.5, 0.6) is 0 Å². The molecule has 0 bridgehead atoms. The summed E-state index contributed by atoms with van der Waals surface area (Å²) >= 11 is 0. The molecule has 0 saturated carbocycles. The van der Waals surface area contributed by atoms with Crippen LogP contribution in [-0.4, -0.2) is 4.57 Å². The van der Waals surface area contributed by atoms with E-state index >= 15 is 4.39 Å². The molecule has 4 heteroatoms. The van der Waals surface area contributed by atoms with Crippen molar-refractivity contribution in [3.05, 3.63) is 143 Å². The van der Waals surface area contributed by atoms with E-state index < -0.39 is 0 Å². The SMILES string of the molecule is CC[o+]1[cH-]oc2c(-n3c4cc(-c5cc(C)cc(C)c5)ccc4c4ccc(-c5cc(C)cc(C)c5)cc43)cc(C(C)(C)CC(C)(C)C)cc2c2cc(F)cc(C)c21. The highest BCUT2D eigenvalue weighted by Crippen LogP contribution is 2.44. The number of rotatable bonds is 6. The summed E-state index contributed by atoms with van der Waals surface area (Å²) in [5.41, 5.74) is 16.2. The van der Waals surface area contributed by atoms with Gasteiger partial charge in [0.15, 0.2) is 5.58 Å². The number of nitrogens with zero attached hydrogens (tertiary/aromatic N) is 1. The first-order valence-electron chi connectivity index (χ1n) is 19.9. The van der Waals surface area contributed by atoms with E-state index in [1.807, 2.05) is 6.92 Å². The van der Waals surface area contributed by atoms with Gasteiger partial charge in [0.25, 0.3) is 0 Å². The van der Waals surface area contributed by atoms with Crippen molar-refractivity contribution in [1.82, 2.24) is 4.57 Å². The molecule has 0 atom stereocenters. The Bertz CT molecular complexity index is 2750. The fourth-order valence-electron chi connectivity index (χ4n) is 9.49. The van der Waals surface area contributed by atoms with Gasteiger partial charge in [-0.05, 0) is 133 Å². The van der Waals surface area contributed by atoms with E-state index in [1.54, 1.807) is 18.6 Å². The van der Waals surface area contributed by atoms with E-state index in [1.165, 1.54) is 38.9 Å². The standard InChI is InChI=1S/C52H54FNO2/c1-12-56-30-55-49-44(45-28-41(53)23-35(6)50(45)56)26-40(52(10,11)29-51(7,8)9)27-48(49)54-46-24-36(38-19-31(2)17-32(3)20-38)13-15-42(46)43-16-14-37(25-47(43)54)39-21-33(4)18-34(5)22-39/h13-28,30H,12,29H2,1-11H3. The fraction of sp³-hybridized carbons (Fsp3) is 0.288. The number of aromatic nitrogens is 1. The van der Waals surface area contributed by atoms with Gasteiger partial charge in [0.05, 0.1) is 28.9 Å². The predicted molar refractivity (Wildman–Crippen MR) is 235 cm³/mol. The molecule has 6 aromatic carbocycles. The number of fused-ring (bicyclic) bond motifs is 6. The lowest BCUT2D eigenvalue weighted by Gasteiger charge is -2.33. The molecular weight excluding hydrogens is 690 g/mol. The van der Waals surface area contributed by atoms with Crippen molar-refractivity contribution in [1.29, 1.82) is 0 Å². The van der Waals surface area contributed by atoms with Gasteiger partial charge >= 0.3 is 6.46 Å². The van der Waals surface area contributed by atoms with Gasteiger partial charge in [0.2, 0.25) is 0 Å². The molecule has 0 radical (unpaired) electrons. The molecule has 0 amide bonds. The zero-order valence-corrected chi connectivity index (χ0v) is 34.9. The van der Waals surface area contributed by atoms with Crippen molar-refractivity contribution in [2.75, 3.05) is 0 Å². The molecule has 0 aliphatic rings. The van der Waals surface area contributed by atoms with Crippen molar-refractivity contribution in [3.63, 3.8) is 0 Å². The van der Waals surface area contributed by atoms with Crippen LogP contribution in [0.3, 0.4) is 0 Å². The summed E-state index contributed by atoms with van der Waals surface area (Å²) in [6.07, 6.45) is 0.955. The average Bonchev–Trinajstić information content (AvgIpc) is 3.33. The second-order valence-corrected chi connectivity index (χ2v) is 18.1. The van der Waals surface area contributed by atoms with Gasteiger partial charge in [0, 0.05) is 10.8 Å². The molecule has 8 rings (SSSR count). The number of aryl methyl sites for hydroxylation is 6. The molecule has 0 aliphatic carbocycles.